The van der Waals surface area contributed by atoms with Gasteiger partial charge in [0.2, 0.25) is 0 Å². The molecule has 3 heteroatoms. The highest BCUT2D eigenvalue weighted by Crippen LogP contribution is 2.31. The zero-order valence-electron chi connectivity index (χ0n) is 7.84. The van der Waals surface area contributed by atoms with Crippen LogP contribution in [0.2, 0.25) is 5.02 Å². The molecule has 2 unspecified atom stereocenters. The normalized spacial score (nSPS) is 23.7. The Morgan fingerprint density at radius 1 is 1.50 bits per heavy atom. The van der Waals surface area contributed by atoms with E-state index in [0.717, 1.165) is 19.5 Å². The molecule has 1 aliphatic heterocycles. The van der Waals surface area contributed by atoms with E-state index in [1.807, 2.05) is 0 Å². The summed E-state index contributed by atoms with van der Waals surface area (Å²) < 4.78 is 13.9. The molecule has 1 aromatic rings. The average Bonchev–Trinajstić information content (AvgIpc) is 2.69. The molecule has 76 valence electrons. The summed E-state index contributed by atoms with van der Waals surface area (Å²) in [5.41, 5.74) is 0.700. The summed E-state index contributed by atoms with van der Waals surface area (Å²) in [5.74, 6) is 0.105. The van der Waals surface area contributed by atoms with E-state index in [2.05, 4.69) is 5.32 Å². The minimum absolute atomic E-state index is 0.105. The van der Waals surface area contributed by atoms with Gasteiger partial charge in [0.05, 0.1) is 0 Å². The van der Waals surface area contributed by atoms with Crippen molar-refractivity contribution in [1.29, 1.82) is 0 Å². The zero-order chi connectivity index (χ0) is 9.97. The van der Waals surface area contributed by atoms with Crippen LogP contribution in [0, 0.1) is 5.92 Å². The van der Waals surface area contributed by atoms with Crippen LogP contribution < -0.4 is 5.32 Å². The van der Waals surface area contributed by atoms with Crippen LogP contribution in [0.5, 0.6) is 0 Å². The lowest BCUT2D eigenvalue weighted by Crippen LogP contribution is -2.13. The molecular formula is C11H13ClFN. The first-order chi connectivity index (χ1) is 6.77. The summed E-state index contributed by atoms with van der Waals surface area (Å²) in [4.78, 5) is 0. The molecule has 0 radical (unpaired) electrons. The Morgan fingerprint density at radius 2 is 2.36 bits per heavy atom. The number of hydrogen-bond donors (Lipinski definition) is 1. The summed E-state index contributed by atoms with van der Waals surface area (Å²) >= 11 is 5.81. The third-order valence-corrected chi connectivity index (χ3v) is 2.91. The lowest BCUT2D eigenvalue weighted by Gasteiger charge is -2.14. The van der Waals surface area contributed by atoms with Crippen molar-refractivity contribution in [2.45, 2.75) is 12.6 Å². The summed E-state index contributed by atoms with van der Waals surface area (Å²) in [6, 6.07) is 7.08. The maximum atomic E-state index is 13.9. The lowest BCUT2D eigenvalue weighted by molar-refractivity contribution is 0.246. The Kier molecular flexibility index (Phi) is 3.04. The van der Waals surface area contributed by atoms with Crippen LogP contribution in [0.25, 0.3) is 0 Å². The molecule has 0 aliphatic carbocycles. The number of hydrogen-bond acceptors (Lipinski definition) is 1. The van der Waals surface area contributed by atoms with Crippen molar-refractivity contribution in [2.24, 2.45) is 5.92 Å². The number of nitrogens with one attached hydrogen (secondary N) is 1. The van der Waals surface area contributed by atoms with Crippen molar-refractivity contribution in [3.05, 3.63) is 34.9 Å². The molecule has 0 saturated carbocycles. The number of alkyl halides is 1. The number of rotatable bonds is 2. The lowest BCUT2D eigenvalue weighted by atomic mass is 9.96. The van der Waals surface area contributed by atoms with Crippen LogP contribution in [0.4, 0.5) is 4.39 Å². The van der Waals surface area contributed by atoms with Crippen molar-refractivity contribution in [3.8, 4) is 0 Å². The van der Waals surface area contributed by atoms with Crippen molar-refractivity contribution in [2.75, 3.05) is 13.1 Å². The summed E-state index contributed by atoms with van der Waals surface area (Å²) in [6.07, 6.45) is 0.0249. The molecule has 2 atom stereocenters. The van der Waals surface area contributed by atoms with E-state index in [1.165, 1.54) is 0 Å². The van der Waals surface area contributed by atoms with Gasteiger partial charge in [-0.2, -0.15) is 0 Å². The third-order valence-electron chi connectivity index (χ3n) is 2.68. The Labute approximate surface area is 88.3 Å². The molecule has 1 heterocycles. The highest BCUT2D eigenvalue weighted by molar-refractivity contribution is 6.30. The first kappa shape index (κ1) is 9.94. The third kappa shape index (κ3) is 2.07. The average molecular weight is 214 g/mol. The molecule has 1 aliphatic rings. The van der Waals surface area contributed by atoms with E-state index in [1.54, 1.807) is 24.3 Å². The van der Waals surface area contributed by atoms with E-state index < -0.39 is 6.17 Å². The monoisotopic (exact) mass is 213 g/mol. The summed E-state index contributed by atoms with van der Waals surface area (Å²) in [5, 5.41) is 3.77. The minimum Gasteiger partial charge on any atom is -0.316 e. The van der Waals surface area contributed by atoms with Crippen molar-refractivity contribution >= 4 is 11.6 Å². The van der Waals surface area contributed by atoms with Crippen LogP contribution in [-0.2, 0) is 0 Å². The molecule has 1 saturated heterocycles. The summed E-state index contributed by atoms with van der Waals surface area (Å²) in [7, 11) is 0. The molecular weight excluding hydrogens is 201 g/mol. The molecule has 1 fully saturated rings. The highest BCUT2D eigenvalue weighted by atomic mass is 35.5. The van der Waals surface area contributed by atoms with Crippen LogP contribution in [0.15, 0.2) is 24.3 Å². The number of benzene rings is 1. The summed E-state index contributed by atoms with van der Waals surface area (Å²) in [6.45, 7) is 1.69. The van der Waals surface area contributed by atoms with Gasteiger partial charge in [-0.15, -0.1) is 0 Å². The highest BCUT2D eigenvalue weighted by Gasteiger charge is 2.25. The first-order valence-electron chi connectivity index (χ1n) is 4.87. The Morgan fingerprint density at radius 3 is 3.00 bits per heavy atom. The molecule has 2 rings (SSSR count). The molecule has 1 aromatic carbocycles. The quantitative estimate of drug-likeness (QED) is 0.797. The zero-order valence-corrected chi connectivity index (χ0v) is 8.60. The molecule has 1 N–H and O–H groups in total. The molecule has 0 spiro atoms. The van der Waals surface area contributed by atoms with Crippen LogP contribution >= 0.6 is 11.6 Å². The van der Waals surface area contributed by atoms with E-state index in [4.69, 9.17) is 11.6 Å². The molecule has 0 amide bonds. The second-order valence-electron chi connectivity index (χ2n) is 3.71. The van der Waals surface area contributed by atoms with Gasteiger partial charge in [0.25, 0.3) is 0 Å². The van der Waals surface area contributed by atoms with Gasteiger partial charge >= 0.3 is 0 Å². The van der Waals surface area contributed by atoms with E-state index in [0.29, 0.717) is 10.6 Å². The van der Waals surface area contributed by atoms with Gasteiger partial charge in [-0.25, -0.2) is 4.39 Å². The minimum atomic E-state index is -0.885. The maximum absolute atomic E-state index is 13.9. The predicted molar refractivity (Wildman–Crippen MR) is 56.3 cm³/mol. The number of halogens is 2. The smallest absolute Gasteiger partial charge is 0.129 e. The van der Waals surface area contributed by atoms with Gasteiger partial charge in [-0.05, 0) is 30.7 Å². The van der Waals surface area contributed by atoms with E-state index >= 15 is 0 Å². The van der Waals surface area contributed by atoms with E-state index in [-0.39, 0.29) is 5.92 Å². The van der Waals surface area contributed by atoms with Crippen LogP contribution in [-0.4, -0.2) is 13.1 Å². The SMILES string of the molecule is FC(c1cccc(Cl)c1)C1CCNC1. The maximum Gasteiger partial charge on any atom is 0.129 e. The Hall–Kier alpha value is -0.600. The van der Waals surface area contributed by atoms with E-state index in [9.17, 15) is 4.39 Å². The van der Waals surface area contributed by atoms with Crippen molar-refractivity contribution in [3.63, 3.8) is 0 Å². The molecule has 0 bridgehead atoms. The van der Waals surface area contributed by atoms with Gasteiger partial charge in [0.1, 0.15) is 6.17 Å². The van der Waals surface area contributed by atoms with Gasteiger partial charge in [0.15, 0.2) is 0 Å². The Bertz CT molecular complexity index is 310. The molecule has 0 aromatic heterocycles. The first-order valence-corrected chi connectivity index (χ1v) is 5.25. The molecule has 1 nitrogen and oxygen atoms in total. The van der Waals surface area contributed by atoms with Gasteiger partial charge in [-0.1, -0.05) is 23.7 Å². The fourth-order valence-electron chi connectivity index (χ4n) is 1.88. The topological polar surface area (TPSA) is 12.0 Å². The predicted octanol–water partition coefficient (Wildman–Crippen LogP) is 2.96. The molecule has 14 heavy (non-hydrogen) atoms. The largest absolute Gasteiger partial charge is 0.316 e. The van der Waals surface area contributed by atoms with Crippen LogP contribution in [0.3, 0.4) is 0 Å². The van der Waals surface area contributed by atoms with Crippen molar-refractivity contribution < 1.29 is 4.39 Å². The van der Waals surface area contributed by atoms with Gasteiger partial charge in [0, 0.05) is 17.5 Å². The fourth-order valence-corrected chi connectivity index (χ4v) is 2.08. The second-order valence-corrected chi connectivity index (χ2v) is 4.15. The van der Waals surface area contributed by atoms with Gasteiger partial charge < -0.3 is 5.32 Å². The van der Waals surface area contributed by atoms with Crippen LogP contribution in [0.1, 0.15) is 18.2 Å². The fraction of sp³-hybridized carbons (Fsp3) is 0.455. The van der Waals surface area contributed by atoms with Gasteiger partial charge in [-0.3, -0.25) is 0 Å². The standard InChI is InChI=1S/C11H13ClFN/c12-10-3-1-2-8(6-10)11(13)9-4-5-14-7-9/h1-3,6,9,11,14H,4-5,7H2. The Balaban J connectivity index is 2.13. The van der Waals surface area contributed by atoms with Crippen molar-refractivity contribution in [1.82, 2.24) is 5.32 Å². The second kappa shape index (κ2) is 4.28.